The lowest BCUT2D eigenvalue weighted by Gasteiger charge is -2.27. The van der Waals surface area contributed by atoms with E-state index < -0.39 is 20.9 Å². The highest BCUT2D eigenvalue weighted by atomic mass is 32.2. The van der Waals surface area contributed by atoms with Crippen molar-refractivity contribution in [1.82, 2.24) is 9.62 Å². The van der Waals surface area contributed by atoms with E-state index in [0.29, 0.717) is 31.7 Å². The van der Waals surface area contributed by atoms with Crippen LogP contribution in [0.2, 0.25) is 0 Å². The second-order valence-corrected chi connectivity index (χ2v) is 15.6. The van der Waals surface area contributed by atoms with Crippen LogP contribution in [0.1, 0.15) is 77.5 Å². The van der Waals surface area contributed by atoms with E-state index in [9.17, 15) is 23.3 Å². The van der Waals surface area contributed by atoms with Crippen molar-refractivity contribution in [2.24, 2.45) is 5.92 Å². The van der Waals surface area contributed by atoms with Gasteiger partial charge in [0.1, 0.15) is 5.69 Å². The van der Waals surface area contributed by atoms with Crippen LogP contribution in [-0.4, -0.2) is 57.0 Å². The summed E-state index contributed by atoms with van der Waals surface area (Å²) in [5.41, 5.74) is 6.25. The number of nitrogens with one attached hydrogen (secondary N) is 2. The molecule has 0 aromatic heterocycles. The van der Waals surface area contributed by atoms with Gasteiger partial charge in [-0.25, -0.2) is 13.1 Å². The standard InChI is InChI=1S/C40H44N4O6S/c45-40(42-51(48,49)34-17-18-37(39(26-34)44(46)47)41-27-29-20-24-50-25-21-29)33-15-11-31(12-16-33)30-9-7-28(8-10-30)19-23-43-22-3-6-38(43)36-5-2-1-4-35(36)32-13-14-32/h1-2,4-5,7-12,15-18,26,29,32,38,41H,3,6,13-14,19-25,27H2,(H,42,45). The molecule has 10 nitrogen and oxygen atoms in total. The van der Waals surface area contributed by atoms with Crippen LogP contribution in [0.3, 0.4) is 0 Å². The zero-order chi connectivity index (χ0) is 35.4. The fourth-order valence-electron chi connectivity index (χ4n) is 7.40. The molecule has 4 aromatic rings. The maximum atomic E-state index is 13.1. The van der Waals surface area contributed by atoms with Crippen molar-refractivity contribution in [3.63, 3.8) is 0 Å². The highest BCUT2D eigenvalue weighted by Gasteiger charge is 2.32. The minimum Gasteiger partial charge on any atom is -0.381 e. The minimum absolute atomic E-state index is 0.159. The highest BCUT2D eigenvalue weighted by Crippen LogP contribution is 2.45. The predicted octanol–water partition coefficient (Wildman–Crippen LogP) is 7.48. The number of benzene rings is 4. The first-order chi connectivity index (χ1) is 24.7. The molecule has 2 saturated heterocycles. The van der Waals surface area contributed by atoms with E-state index in [1.807, 2.05) is 0 Å². The highest BCUT2D eigenvalue weighted by molar-refractivity contribution is 7.90. The molecule has 1 saturated carbocycles. The maximum Gasteiger partial charge on any atom is 0.293 e. The summed E-state index contributed by atoms with van der Waals surface area (Å²) < 4.78 is 33.6. The van der Waals surface area contributed by atoms with Crippen LogP contribution in [0.4, 0.5) is 11.4 Å². The van der Waals surface area contributed by atoms with Gasteiger partial charge in [-0.2, -0.15) is 0 Å². The molecule has 0 bridgehead atoms. The van der Waals surface area contributed by atoms with Gasteiger partial charge in [0.2, 0.25) is 0 Å². The number of likely N-dealkylation sites (tertiary alicyclic amines) is 1. The number of ether oxygens (including phenoxy) is 1. The lowest BCUT2D eigenvalue weighted by atomic mass is 9.95. The van der Waals surface area contributed by atoms with Crippen LogP contribution in [0, 0.1) is 16.0 Å². The second-order valence-electron chi connectivity index (χ2n) is 13.9. The van der Waals surface area contributed by atoms with Crippen LogP contribution in [0.15, 0.2) is 95.9 Å². The van der Waals surface area contributed by atoms with Crippen LogP contribution in [0.5, 0.6) is 0 Å². The summed E-state index contributed by atoms with van der Waals surface area (Å²) in [6.07, 6.45) is 7.74. The molecule has 0 radical (unpaired) electrons. The van der Waals surface area contributed by atoms with E-state index in [1.165, 1.54) is 48.9 Å². The average Bonchev–Trinajstić information content (AvgIpc) is 3.90. The van der Waals surface area contributed by atoms with Crippen LogP contribution < -0.4 is 10.0 Å². The summed E-state index contributed by atoms with van der Waals surface area (Å²) >= 11 is 0. The normalized spacial score (nSPS) is 18.4. The molecule has 51 heavy (non-hydrogen) atoms. The van der Waals surface area contributed by atoms with E-state index in [2.05, 4.69) is 63.5 Å². The Kier molecular flexibility index (Phi) is 10.5. The van der Waals surface area contributed by atoms with Crippen molar-refractivity contribution in [3.05, 3.63) is 123 Å². The molecular weight excluding hydrogens is 665 g/mol. The third-order valence-electron chi connectivity index (χ3n) is 10.5. The number of carbonyl (C=O) groups excluding carboxylic acids is 1. The van der Waals surface area contributed by atoms with Crippen molar-refractivity contribution < 1.29 is 22.9 Å². The molecule has 7 rings (SSSR count). The summed E-state index contributed by atoms with van der Waals surface area (Å²) in [7, 11) is -4.37. The molecule has 1 aliphatic carbocycles. The maximum absolute atomic E-state index is 13.1. The number of rotatable bonds is 13. The molecule has 1 amide bonds. The zero-order valence-electron chi connectivity index (χ0n) is 28.6. The van der Waals surface area contributed by atoms with Crippen molar-refractivity contribution in [3.8, 4) is 11.1 Å². The van der Waals surface area contributed by atoms with Crippen molar-refractivity contribution in [1.29, 1.82) is 0 Å². The number of nitro groups is 1. The molecule has 4 aromatic carbocycles. The first kappa shape index (κ1) is 34.9. The van der Waals surface area contributed by atoms with Gasteiger partial charge in [0.25, 0.3) is 21.6 Å². The van der Waals surface area contributed by atoms with Crippen LogP contribution >= 0.6 is 0 Å². The molecule has 2 heterocycles. The van der Waals surface area contributed by atoms with E-state index in [0.717, 1.165) is 55.5 Å². The van der Waals surface area contributed by atoms with Crippen molar-refractivity contribution in [2.75, 3.05) is 38.2 Å². The topological polar surface area (TPSA) is 131 Å². The second kappa shape index (κ2) is 15.3. The van der Waals surface area contributed by atoms with E-state index in [-0.39, 0.29) is 21.8 Å². The van der Waals surface area contributed by atoms with Crippen molar-refractivity contribution >= 4 is 27.3 Å². The van der Waals surface area contributed by atoms with Crippen molar-refractivity contribution in [2.45, 2.75) is 61.8 Å². The number of hydrogen-bond acceptors (Lipinski definition) is 8. The number of hydrogen-bond donors (Lipinski definition) is 2. The van der Waals surface area contributed by atoms with E-state index in [1.54, 1.807) is 29.8 Å². The Bertz CT molecular complexity index is 1970. The Morgan fingerprint density at radius 3 is 2.24 bits per heavy atom. The van der Waals surface area contributed by atoms with Gasteiger partial charge in [-0.1, -0.05) is 60.7 Å². The van der Waals surface area contributed by atoms with Gasteiger partial charge in [0.15, 0.2) is 0 Å². The summed E-state index contributed by atoms with van der Waals surface area (Å²) in [5, 5.41) is 14.9. The Morgan fingerprint density at radius 2 is 1.55 bits per heavy atom. The number of nitro benzene ring substituents is 1. The Labute approximate surface area is 299 Å². The van der Waals surface area contributed by atoms with Gasteiger partial charge in [0, 0.05) is 44.0 Å². The lowest BCUT2D eigenvalue weighted by Crippen LogP contribution is -2.30. The van der Waals surface area contributed by atoms with Gasteiger partial charge in [-0.3, -0.25) is 19.8 Å². The third kappa shape index (κ3) is 8.32. The molecule has 266 valence electrons. The lowest BCUT2D eigenvalue weighted by molar-refractivity contribution is -0.384. The average molecular weight is 709 g/mol. The molecule has 1 atom stereocenters. The predicted molar refractivity (Wildman–Crippen MR) is 197 cm³/mol. The molecule has 2 N–H and O–H groups in total. The number of amides is 1. The monoisotopic (exact) mass is 708 g/mol. The smallest absolute Gasteiger partial charge is 0.293 e. The molecule has 1 unspecified atom stereocenters. The number of anilines is 1. The largest absolute Gasteiger partial charge is 0.381 e. The molecule has 0 spiro atoms. The SMILES string of the molecule is O=C(NS(=O)(=O)c1ccc(NCC2CCOCC2)c([N+](=O)[O-])c1)c1ccc(-c2ccc(CCN3CCCC3c3ccccc3C3CC3)cc2)cc1. The fraction of sp³-hybridized carbons (Fsp3) is 0.375. The van der Waals surface area contributed by atoms with Crippen LogP contribution in [0.25, 0.3) is 11.1 Å². The minimum atomic E-state index is -4.37. The Balaban J connectivity index is 0.948. The number of carbonyl (C=O) groups is 1. The van der Waals surface area contributed by atoms with Gasteiger partial charge in [-0.05, 0) is 115 Å². The first-order valence-electron chi connectivity index (χ1n) is 17.9. The quantitative estimate of drug-likeness (QED) is 0.108. The summed E-state index contributed by atoms with van der Waals surface area (Å²) in [6.45, 7) is 3.96. The molecule has 11 heteroatoms. The van der Waals surface area contributed by atoms with Gasteiger partial charge in [0.05, 0.1) is 9.82 Å². The summed E-state index contributed by atoms with van der Waals surface area (Å²) in [5.74, 6) is 0.240. The Hall–Kier alpha value is -4.58. The Morgan fingerprint density at radius 1 is 0.863 bits per heavy atom. The zero-order valence-corrected chi connectivity index (χ0v) is 29.4. The fourth-order valence-corrected chi connectivity index (χ4v) is 8.39. The molecule has 3 aliphatic rings. The summed E-state index contributed by atoms with van der Waals surface area (Å²) in [6, 6.07) is 28.3. The third-order valence-corrected chi connectivity index (χ3v) is 11.8. The van der Waals surface area contributed by atoms with Crippen LogP contribution in [-0.2, 0) is 21.2 Å². The van der Waals surface area contributed by atoms with Gasteiger partial charge >= 0.3 is 0 Å². The number of sulfonamides is 1. The van der Waals surface area contributed by atoms with E-state index in [4.69, 9.17) is 4.74 Å². The molecular formula is C40H44N4O6S. The van der Waals surface area contributed by atoms with Gasteiger partial charge < -0.3 is 10.1 Å². The summed E-state index contributed by atoms with van der Waals surface area (Å²) in [4.78, 5) is 26.4. The number of nitrogens with zero attached hydrogens (tertiary/aromatic N) is 2. The first-order valence-corrected chi connectivity index (χ1v) is 19.4. The van der Waals surface area contributed by atoms with E-state index >= 15 is 0 Å². The molecule has 3 fully saturated rings. The molecule has 2 aliphatic heterocycles. The van der Waals surface area contributed by atoms with Gasteiger partial charge in [-0.15, -0.1) is 0 Å².